The molecule has 0 aromatic rings. The molecule has 1 aliphatic rings. The maximum Gasteiger partial charge on any atom is 0.220 e. The van der Waals surface area contributed by atoms with E-state index in [1.807, 2.05) is 0 Å². The predicted molar refractivity (Wildman–Crippen MR) is 44.9 cm³/mol. The van der Waals surface area contributed by atoms with E-state index in [4.69, 9.17) is 34.8 Å². The Labute approximate surface area is 73.9 Å². The minimum Gasteiger partial charge on any atom is -0.338 e. The fraction of sp³-hybridized carbons (Fsp3) is 0.400. The van der Waals surface area contributed by atoms with Gasteiger partial charge in [-0.2, -0.15) is 0 Å². The van der Waals surface area contributed by atoms with E-state index >= 15 is 0 Å². The first-order valence-corrected chi connectivity index (χ1v) is 3.89. The van der Waals surface area contributed by atoms with Gasteiger partial charge in [-0.25, -0.2) is 4.99 Å². The highest BCUT2D eigenvalue weighted by Gasteiger charge is 2.25. The molecule has 1 N–H and O–H groups in total. The zero-order chi connectivity index (χ0) is 7.61. The lowest BCUT2D eigenvalue weighted by Gasteiger charge is -2.23. The largest absolute Gasteiger partial charge is 0.338 e. The van der Waals surface area contributed by atoms with Gasteiger partial charge in [-0.05, 0) is 6.08 Å². The van der Waals surface area contributed by atoms with Crippen molar-refractivity contribution in [3.8, 4) is 0 Å². The number of nitrogens with one attached hydrogen (secondary N) is 1. The SMILES string of the molecule is ClCC1(Cl)N=CC=C(Cl)N1. The zero-order valence-corrected chi connectivity index (χ0v) is 7.21. The number of aliphatic imine (C=N–C) groups is 1. The first kappa shape index (κ1) is 8.18. The molecule has 0 bridgehead atoms. The lowest BCUT2D eigenvalue weighted by Crippen LogP contribution is -2.39. The lowest BCUT2D eigenvalue weighted by molar-refractivity contribution is 0.593. The molecule has 0 aromatic carbocycles. The molecule has 0 aliphatic carbocycles. The Morgan fingerprint density at radius 3 is 2.80 bits per heavy atom. The van der Waals surface area contributed by atoms with Gasteiger partial charge >= 0.3 is 0 Å². The first-order valence-electron chi connectivity index (χ1n) is 2.60. The van der Waals surface area contributed by atoms with Crippen molar-refractivity contribution in [2.24, 2.45) is 4.99 Å². The zero-order valence-electron chi connectivity index (χ0n) is 4.94. The molecule has 1 heterocycles. The number of alkyl halides is 2. The van der Waals surface area contributed by atoms with Gasteiger partial charge in [0.1, 0.15) is 5.16 Å². The van der Waals surface area contributed by atoms with Gasteiger partial charge in [-0.15, -0.1) is 11.6 Å². The Kier molecular flexibility index (Phi) is 2.45. The molecule has 0 aromatic heterocycles. The van der Waals surface area contributed by atoms with E-state index in [-0.39, 0.29) is 5.88 Å². The van der Waals surface area contributed by atoms with Crippen molar-refractivity contribution in [1.29, 1.82) is 0 Å². The molecule has 1 atom stereocenters. The van der Waals surface area contributed by atoms with Gasteiger partial charge < -0.3 is 5.32 Å². The van der Waals surface area contributed by atoms with Crippen LogP contribution in [-0.2, 0) is 0 Å². The Morgan fingerprint density at radius 1 is 1.70 bits per heavy atom. The van der Waals surface area contributed by atoms with Gasteiger partial charge in [-0.3, -0.25) is 0 Å². The van der Waals surface area contributed by atoms with Crippen LogP contribution in [-0.4, -0.2) is 17.2 Å². The van der Waals surface area contributed by atoms with Crippen molar-refractivity contribution in [3.05, 3.63) is 11.2 Å². The summed E-state index contributed by atoms with van der Waals surface area (Å²) in [7, 11) is 0. The number of hydrogen-bond donors (Lipinski definition) is 1. The summed E-state index contributed by atoms with van der Waals surface area (Å²) in [5, 5.41) is 2.20. The number of allylic oxidation sites excluding steroid dienone is 1. The van der Waals surface area contributed by atoms with E-state index in [1.54, 1.807) is 6.08 Å². The summed E-state index contributed by atoms with van der Waals surface area (Å²) >= 11 is 16.9. The second kappa shape index (κ2) is 2.99. The Bertz CT molecular complexity index is 189. The summed E-state index contributed by atoms with van der Waals surface area (Å²) in [5.74, 6) is 0.176. The number of hydrogen-bond acceptors (Lipinski definition) is 2. The number of halogens is 3. The summed E-state index contributed by atoms with van der Waals surface area (Å²) in [6, 6.07) is 0. The number of nitrogens with zero attached hydrogens (tertiary/aromatic N) is 1. The van der Waals surface area contributed by atoms with Gasteiger partial charge in [0, 0.05) is 6.21 Å². The molecule has 0 spiro atoms. The van der Waals surface area contributed by atoms with Crippen LogP contribution in [0.1, 0.15) is 0 Å². The van der Waals surface area contributed by atoms with Gasteiger partial charge in [0.25, 0.3) is 0 Å². The topological polar surface area (TPSA) is 24.4 Å². The van der Waals surface area contributed by atoms with Crippen molar-refractivity contribution >= 4 is 41.0 Å². The molecule has 0 amide bonds. The van der Waals surface area contributed by atoms with E-state index in [9.17, 15) is 0 Å². The van der Waals surface area contributed by atoms with Crippen LogP contribution >= 0.6 is 34.8 Å². The fourth-order valence-electron chi connectivity index (χ4n) is 0.546. The molecule has 5 heteroatoms. The summed E-state index contributed by atoms with van der Waals surface area (Å²) < 4.78 is 0. The summed E-state index contributed by atoms with van der Waals surface area (Å²) in [6.45, 7) is 0. The molecule has 0 saturated heterocycles. The summed E-state index contributed by atoms with van der Waals surface area (Å²) in [6.07, 6.45) is 3.13. The highest BCUT2D eigenvalue weighted by atomic mass is 35.5. The average molecular weight is 199 g/mol. The third kappa shape index (κ3) is 1.78. The van der Waals surface area contributed by atoms with Crippen molar-refractivity contribution in [3.63, 3.8) is 0 Å². The second-order valence-electron chi connectivity index (χ2n) is 1.81. The van der Waals surface area contributed by atoms with Gasteiger partial charge in [-0.1, -0.05) is 23.2 Å². The summed E-state index contributed by atoms with van der Waals surface area (Å²) in [5.41, 5.74) is 0. The van der Waals surface area contributed by atoms with E-state index < -0.39 is 5.12 Å². The Hall–Kier alpha value is 0.0800. The van der Waals surface area contributed by atoms with Crippen LogP contribution in [0.15, 0.2) is 16.2 Å². The van der Waals surface area contributed by atoms with Crippen molar-refractivity contribution in [2.45, 2.75) is 5.12 Å². The molecule has 1 rings (SSSR count). The fourth-order valence-corrected chi connectivity index (χ4v) is 1.10. The van der Waals surface area contributed by atoms with Crippen molar-refractivity contribution in [2.75, 3.05) is 5.88 Å². The molecule has 1 unspecified atom stereocenters. The molecular weight excluding hydrogens is 194 g/mol. The van der Waals surface area contributed by atoms with E-state index in [2.05, 4.69) is 10.3 Å². The van der Waals surface area contributed by atoms with Crippen molar-refractivity contribution < 1.29 is 0 Å². The normalized spacial score (nSPS) is 31.3. The van der Waals surface area contributed by atoms with E-state index in [0.29, 0.717) is 5.16 Å². The van der Waals surface area contributed by atoms with E-state index in [1.165, 1.54) is 6.21 Å². The van der Waals surface area contributed by atoms with Crippen LogP contribution < -0.4 is 5.32 Å². The van der Waals surface area contributed by atoms with Crippen LogP contribution in [0.2, 0.25) is 0 Å². The predicted octanol–water partition coefficient (Wildman–Crippen LogP) is 1.87. The molecule has 0 fully saturated rings. The lowest BCUT2D eigenvalue weighted by atomic mass is 10.5. The molecule has 1 aliphatic heterocycles. The Morgan fingerprint density at radius 2 is 2.40 bits per heavy atom. The molecule has 56 valence electrons. The van der Waals surface area contributed by atoms with E-state index in [0.717, 1.165) is 0 Å². The third-order valence-corrected chi connectivity index (χ3v) is 2.06. The summed E-state index contributed by atoms with van der Waals surface area (Å²) in [4.78, 5) is 3.87. The van der Waals surface area contributed by atoms with Crippen LogP contribution in [0.25, 0.3) is 0 Å². The van der Waals surface area contributed by atoms with Crippen LogP contribution in [0.3, 0.4) is 0 Å². The van der Waals surface area contributed by atoms with Crippen LogP contribution in [0, 0.1) is 0 Å². The highest BCUT2D eigenvalue weighted by Crippen LogP contribution is 2.20. The highest BCUT2D eigenvalue weighted by molar-refractivity contribution is 6.34. The van der Waals surface area contributed by atoms with Gasteiger partial charge in [0.2, 0.25) is 5.12 Å². The molecular formula is C5H5Cl3N2. The molecule has 10 heavy (non-hydrogen) atoms. The van der Waals surface area contributed by atoms with Gasteiger partial charge in [0.15, 0.2) is 0 Å². The van der Waals surface area contributed by atoms with Crippen LogP contribution in [0.4, 0.5) is 0 Å². The smallest absolute Gasteiger partial charge is 0.220 e. The standard InChI is InChI=1S/C5H5Cl3N2/c6-3-5(8)9-2-1-4(7)10-5/h1-2,10H,3H2. The maximum absolute atomic E-state index is 5.79. The second-order valence-corrected chi connectivity index (χ2v) is 3.11. The van der Waals surface area contributed by atoms with Crippen molar-refractivity contribution in [1.82, 2.24) is 5.32 Å². The minimum atomic E-state index is -0.951. The van der Waals surface area contributed by atoms with Gasteiger partial charge in [0.05, 0.1) is 5.88 Å². The van der Waals surface area contributed by atoms with Crippen LogP contribution in [0.5, 0.6) is 0 Å². The number of rotatable bonds is 1. The first-order chi connectivity index (χ1) is 4.66. The molecule has 0 saturated carbocycles. The quantitative estimate of drug-likeness (QED) is 0.506. The molecule has 2 nitrogen and oxygen atoms in total. The minimum absolute atomic E-state index is 0.176. The third-order valence-electron chi connectivity index (χ3n) is 0.988. The average Bonchev–Trinajstić information content (AvgIpc) is 1.88. The Balaban J connectivity index is 2.71. The monoisotopic (exact) mass is 198 g/mol. The molecule has 0 radical (unpaired) electrons. The maximum atomic E-state index is 5.79.